The molecule has 0 N–H and O–H groups in total. The van der Waals surface area contributed by atoms with Crippen molar-refractivity contribution in [2.75, 3.05) is 0 Å². The molecule has 6 fully saturated rings. The standard InChI is InChI=1S/2C11H20/c2*1-7-5-9-6-10(8(7)2)11(9,3)4/h2*7-10H,5-6H2,1-4H3/t2*7-,8+,9?,10?/m10/s1. The van der Waals surface area contributed by atoms with Gasteiger partial charge in [0.2, 0.25) is 0 Å². The molecule has 6 rings (SSSR count). The lowest BCUT2D eigenvalue weighted by atomic mass is 9.44. The third-order valence-corrected chi connectivity index (χ3v) is 9.47. The summed E-state index contributed by atoms with van der Waals surface area (Å²) >= 11 is 0. The third kappa shape index (κ3) is 2.30. The summed E-state index contributed by atoms with van der Waals surface area (Å²) < 4.78 is 0. The highest BCUT2D eigenvalue weighted by Crippen LogP contribution is 2.63. The first kappa shape index (κ1) is 16.8. The van der Waals surface area contributed by atoms with Gasteiger partial charge in [-0.15, -0.1) is 0 Å². The molecule has 0 nitrogen and oxygen atoms in total. The lowest BCUT2D eigenvalue weighted by Crippen LogP contribution is -2.54. The quantitative estimate of drug-likeness (QED) is 0.470. The van der Waals surface area contributed by atoms with Gasteiger partial charge in [0, 0.05) is 0 Å². The molecule has 6 saturated carbocycles. The summed E-state index contributed by atoms with van der Waals surface area (Å²) in [5.41, 5.74) is 1.37. The van der Waals surface area contributed by atoms with Gasteiger partial charge in [-0.2, -0.15) is 0 Å². The highest BCUT2D eigenvalue weighted by atomic mass is 14.6. The van der Waals surface area contributed by atoms with Crippen molar-refractivity contribution >= 4 is 0 Å². The van der Waals surface area contributed by atoms with E-state index in [0.717, 1.165) is 47.3 Å². The minimum atomic E-state index is 0.686. The van der Waals surface area contributed by atoms with Crippen LogP contribution in [0.1, 0.15) is 81.1 Å². The first-order chi connectivity index (χ1) is 10.1. The minimum Gasteiger partial charge on any atom is -0.0622 e. The van der Waals surface area contributed by atoms with Gasteiger partial charge in [0.25, 0.3) is 0 Å². The lowest BCUT2D eigenvalue weighted by Gasteiger charge is -2.61. The summed E-state index contributed by atoms with van der Waals surface area (Å²) in [4.78, 5) is 0. The normalized spacial score (nSPS) is 53.5. The van der Waals surface area contributed by atoms with E-state index in [1.807, 2.05) is 0 Å². The van der Waals surface area contributed by atoms with Crippen molar-refractivity contribution < 1.29 is 0 Å². The molecule has 8 atom stereocenters. The maximum Gasteiger partial charge on any atom is -0.0295 e. The summed E-state index contributed by atoms with van der Waals surface area (Å²) in [6.45, 7) is 19.6. The minimum absolute atomic E-state index is 0.686. The molecular formula is C22H40. The SMILES string of the molecule is C[C@@H]1CC2CC([C@H]1C)C2(C)C.C[C@H]1CC2CC([C@@H]1C)C2(C)C. The monoisotopic (exact) mass is 304 g/mol. The largest absolute Gasteiger partial charge is 0.0622 e. The summed E-state index contributed by atoms with van der Waals surface area (Å²) in [5, 5.41) is 0. The first-order valence-corrected chi connectivity index (χ1v) is 10.1. The van der Waals surface area contributed by atoms with E-state index in [1.165, 1.54) is 25.7 Å². The molecule has 0 amide bonds. The van der Waals surface area contributed by atoms with Gasteiger partial charge in [-0.1, -0.05) is 55.4 Å². The highest BCUT2D eigenvalue weighted by Gasteiger charge is 2.55. The fraction of sp³-hybridized carbons (Fsp3) is 1.00. The molecule has 22 heavy (non-hydrogen) atoms. The molecule has 0 aromatic carbocycles. The molecule has 0 aromatic rings. The molecule has 0 heterocycles. The van der Waals surface area contributed by atoms with Gasteiger partial charge in [0.15, 0.2) is 0 Å². The Hall–Kier alpha value is 0. The lowest BCUT2D eigenvalue weighted by molar-refractivity contribution is -0.124. The average Bonchev–Trinajstić information content (AvgIpc) is 2.44. The molecule has 0 radical (unpaired) electrons. The van der Waals surface area contributed by atoms with Gasteiger partial charge in [-0.25, -0.2) is 0 Å². The van der Waals surface area contributed by atoms with Crippen molar-refractivity contribution in [1.29, 1.82) is 0 Å². The van der Waals surface area contributed by atoms with Crippen molar-refractivity contribution in [3.63, 3.8) is 0 Å². The molecule has 4 bridgehead atoms. The van der Waals surface area contributed by atoms with Crippen molar-refractivity contribution in [3.05, 3.63) is 0 Å². The van der Waals surface area contributed by atoms with Crippen molar-refractivity contribution in [2.45, 2.75) is 81.1 Å². The number of hydrogen-bond acceptors (Lipinski definition) is 0. The molecule has 6 aliphatic rings. The molecule has 0 spiro atoms. The smallest absolute Gasteiger partial charge is 0.0295 e. The zero-order chi connectivity index (χ0) is 16.4. The summed E-state index contributed by atoms with van der Waals surface area (Å²) in [6.07, 6.45) is 6.03. The fourth-order valence-corrected chi connectivity index (χ4v) is 6.82. The number of fused-ring (bicyclic) bond motifs is 4. The highest BCUT2D eigenvalue weighted by molar-refractivity contribution is 5.04. The Morgan fingerprint density at radius 2 is 0.864 bits per heavy atom. The van der Waals surface area contributed by atoms with Crippen molar-refractivity contribution in [3.8, 4) is 0 Å². The topological polar surface area (TPSA) is 0 Å². The van der Waals surface area contributed by atoms with Crippen molar-refractivity contribution in [1.82, 2.24) is 0 Å². The van der Waals surface area contributed by atoms with Gasteiger partial charge in [-0.05, 0) is 83.9 Å². The predicted molar refractivity (Wildman–Crippen MR) is 96.6 cm³/mol. The van der Waals surface area contributed by atoms with E-state index in [2.05, 4.69) is 55.4 Å². The second kappa shape index (κ2) is 5.25. The first-order valence-electron chi connectivity index (χ1n) is 10.1. The number of hydrogen-bond donors (Lipinski definition) is 0. The van der Waals surface area contributed by atoms with Crippen LogP contribution in [0.3, 0.4) is 0 Å². The van der Waals surface area contributed by atoms with Gasteiger partial charge < -0.3 is 0 Å². The Morgan fingerprint density at radius 1 is 0.545 bits per heavy atom. The van der Waals surface area contributed by atoms with E-state index in [9.17, 15) is 0 Å². The van der Waals surface area contributed by atoms with Crippen LogP contribution >= 0.6 is 0 Å². The van der Waals surface area contributed by atoms with E-state index in [-0.39, 0.29) is 0 Å². The Kier molecular flexibility index (Phi) is 4.02. The van der Waals surface area contributed by atoms with Crippen LogP contribution in [0, 0.1) is 58.2 Å². The maximum atomic E-state index is 2.47. The summed E-state index contributed by atoms with van der Waals surface area (Å²) in [5.74, 6) is 8.13. The number of rotatable bonds is 0. The summed E-state index contributed by atoms with van der Waals surface area (Å²) in [7, 11) is 0. The van der Waals surface area contributed by atoms with Crippen LogP contribution in [0.15, 0.2) is 0 Å². The molecule has 0 heteroatoms. The van der Waals surface area contributed by atoms with E-state index < -0.39 is 0 Å². The molecule has 128 valence electrons. The van der Waals surface area contributed by atoms with Crippen LogP contribution in [0.2, 0.25) is 0 Å². The third-order valence-electron chi connectivity index (χ3n) is 9.47. The molecule has 6 aliphatic carbocycles. The molecular weight excluding hydrogens is 264 g/mol. The van der Waals surface area contributed by atoms with Crippen LogP contribution < -0.4 is 0 Å². The van der Waals surface area contributed by atoms with Crippen LogP contribution in [-0.2, 0) is 0 Å². The molecule has 0 saturated heterocycles. The molecule has 0 aromatic heterocycles. The fourth-order valence-electron chi connectivity index (χ4n) is 6.82. The average molecular weight is 305 g/mol. The predicted octanol–water partition coefficient (Wildman–Crippen LogP) is 6.65. The Bertz CT molecular complexity index is 378. The van der Waals surface area contributed by atoms with Crippen LogP contribution in [-0.4, -0.2) is 0 Å². The van der Waals surface area contributed by atoms with Gasteiger partial charge in [0.05, 0.1) is 0 Å². The molecule has 0 aliphatic heterocycles. The second-order valence-corrected chi connectivity index (χ2v) is 10.9. The van der Waals surface area contributed by atoms with E-state index in [4.69, 9.17) is 0 Å². The second-order valence-electron chi connectivity index (χ2n) is 10.9. The molecule has 4 unspecified atom stereocenters. The van der Waals surface area contributed by atoms with E-state index in [1.54, 1.807) is 0 Å². The van der Waals surface area contributed by atoms with E-state index >= 15 is 0 Å². The van der Waals surface area contributed by atoms with Crippen molar-refractivity contribution in [2.24, 2.45) is 58.2 Å². The zero-order valence-electron chi connectivity index (χ0n) is 16.4. The van der Waals surface area contributed by atoms with Crippen LogP contribution in [0.4, 0.5) is 0 Å². The van der Waals surface area contributed by atoms with Gasteiger partial charge in [0.1, 0.15) is 0 Å². The maximum absolute atomic E-state index is 2.47. The van der Waals surface area contributed by atoms with Gasteiger partial charge in [-0.3, -0.25) is 0 Å². The van der Waals surface area contributed by atoms with Crippen LogP contribution in [0.25, 0.3) is 0 Å². The summed E-state index contributed by atoms with van der Waals surface area (Å²) in [6, 6.07) is 0. The van der Waals surface area contributed by atoms with E-state index in [0.29, 0.717) is 10.8 Å². The Balaban J connectivity index is 0.000000131. The van der Waals surface area contributed by atoms with Crippen LogP contribution in [0.5, 0.6) is 0 Å². The van der Waals surface area contributed by atoms with Gasteiger partial charge >= 0.3 is 0 Å². The zero-order valence-corrected chi connectivity index (χ0v) is 16.4. The Morgan fingerprint density at radius 3 is 1.05 bits per heavy atom. The Labute approximate surface area is 139 Å².